The first-order valence-electron chi connectivity index (χ1n) is 7.04. The highest BCUT2D eigenvalue weighted by molar-refractivity contribution is 5.75. The van der Waals surface area contributed by atoms with E-state index in [1.54, 1.807) is 0 Å². The molecule has 2 N–H and O–H groups in total. The Hall–Kier alpha value is -1.39. The lowest BCUT2D eigenvalue weighted by atomic mass is 9.93. The number of benzene rings is 1. The number of aliphatic hydroxyl groups is 1. The maximum absolute atomic E-state index is 9.49. The Bertz CT molecular complexity index is 556. The van der Waals surface area contributed by atoms with Gasteiger partial charge in [-0.2, -0.15) is 0 Å². The number of fused-ring (bicyclic) bond motifs is 1. The van der Waals surface area contributed by atoms with Gasteiger partial charge >= 0.3 is 0 Å². The average molecular weight is 259 g/mol. The highest BCUT2D eigenvalue weighted by Gasteiger charge is 2.18. The van der Waals surface area contributed by atoms with Crippen molar-refractivity contribution in [3.05, 3.63) is 30.1 Å². The Kier molecular flexibility index (Phi) is 3.53. The SMILES string of the molecule is Cn1cnc2cc(CNC3CCC(O)CC3)ccc21. The smallest absolute Gasteiger partial charge is 0.0955 e. The lowest BCUT2D eigenvalue weighted by Crippen LogP contribution is -2.34. The number of hydrogen-bond donors (Lipinski definition) is 2. The molecular formula is C15H21N3O. The molecule has 0 radical (unpaired) electrons. The van der Waals surface area contributed by atoms with Crippen LogP contribution in [0, 0.1) is 0 Å². The summed E-state index contributed by atoms with van der Waals surface area (Å²) in [5.41, 5.74) is 3.50. The van der Waals surface area contributed by atoms with Gasteiger partial charge in [-0.3, -0.25) is 0 Å². The highest BCUT2D eigenvalue weighted by Crippen LogP contribution is 2.19. The fourth-order valence-corrected chi connectivity index (χ4v) is 2.83. The van der Waals surface area contributed by atoms with Gasteiger partial charge in [0.05, 0.1) is 23.5 Å². The van der Waals surface area contributed by atoms with Crippen molar-refractivity contribution in [1.29, 1.82) is 0 Å². The van der Waals surface area contributed by atoms with E-state index in [9.17, 15) is 5.11 Å². The molecule has 0 atom stereocenters. The van der Waals surface area contributed by atoms with Crippen LogP contribution in [-0.4, -0.2) is 26.8 Å². The third-order valence-electron chi connectivity index (χ3n) is 4.08. The summed E-state index contributed by atoms with van der Waals surface area (Å²) in [6, 6.07) is 6.99. The number of aryl methyl sites for hydroxylation is 1. The molecule has 4 heteroatoms. The normalized spacial score (nSPS) is 23.9. The van der Waals surface area contributed by atoms with Gasteiger partial charge in [0.1, 0.15) is 0 Å². The Morgan fingerprint density at radius 1 is 1.32 bits per heavy atom. The van der Waals surface area contributed by atoms with Gasteiger partial charge in [-0.25, -0.2) is 4.98 Å². The van der Waals surface area contributed by atoms with E-state index in [0.29, 0.717) is 6.04 Å². The van der Waals surface area contributed by atoms with Crippen molar-refractivity contribution in [3.63, 3.8) is 0 Å². The number of nitrogens with zero attached hydrogens (tertiary/aromatic N) is 2. The molecule has 2 aromatic rings. The number of rotatable bonds is 3. The Morgan fingerprint density at radius 3 is 2.89 bits per heavy atom. The molecule has 1 aromatic heterocycles. The van der Waals surface area contributed by atoms with E-state index in [1.807, 2.05) is 17.9 Å². The fraction of sp³-hybridized carbons (Fsp3) is 0.533. The standard InChI is InChI=1S/C15H21N3O/c1-18-10-17-14-8-11(2-7-15(14)18)9-16-12-3-5-13(19)6-4-12/h2,7-8,10,12-13,16,19H,3-6,9H2,1H3. The van der Waals surface area contributed by atoms with Gasteiger partial charge in [0.25, 0.3) is 0 Å². The fourth-order valence-electron chi connectivity index (χ4n) is 2.83. The second-order valence-corrected chi connectivity index (χ2v) is 5.56. The molecule has 1 aliphatic rings. The summed E-state index contributed by atoms with van der Waals surface area (Å²) in [5.74, 6) is 0. The largest absolute Gasteiger partial charge is 0.393 e. The molecule has 0 saturated heterocycles. The molecule has 3 rings (SSSR count). The molecule has 0 spiro atoms. The van der Waals surface area contributed by atoms with Gasteiger partial charge in [0, 0.05) is 19.6 Å². The summed E-state index contributed by atoms with van der Waals surface area (Å²) in [4.78, 5) is 4.39. The molecule has 1 fully saturated rings. The quantitative estimate of drug-likeness (QED) is 0.886. The predicted octanol–water partition coefficient (Wildman–Crippen LogP) is 1.97. The van der Waals surface area contributed by atoms with Crippen LogP contribution in [0.4, 0.5) is 0 Å². The molecule has 0 amide bonds. The Labute approximate surface area is 113 Å². The van der Waals surface area contributed by atoms with Crippen LogP contribution in [-0.2, 0) is 13.6 Å². The predicted molar refractivity (Wildman–Crippen MR) is 75.8 cm³/mol. The Morgan fingerprint density at radius 2 is 2.11 bits per heavy atom. The summed E-state index contributed by atoms with van der Waals surface area (Å²) < 4.78 is 2.04. The minimum Gasteiger partial charge on any atom is -0.393 e. The van der Waals surface area contributed by atoms with E-state index >= 15 is 0 Å². The molecule has 4 nitrogen and oxygen atoms in total. The zero-order valence-electron chi connectivity index (χ0n) is 11.3. The first-order chi connectivity index (χ1) is 9.22. The van der Waals surface area contributed by atoms with E-state index < -0.39 is 0 Å². The summed E-state index contributed by atoms with van der Waals surface area (Å²) >= 11 is 0. The van der Waals surface area contributed by atoms with Crippen molar-refractivity contribution in [2.45, 2.75) is 44.4 Å². The maximum Gasteiger partial charge on any atom is 0.0955 e. The summed E-state index contributed by atoms with van der Waals surface area (Å²) in [5, 5.41) is 13.1. The third-order valence-corrected chi connectivity index (χ3v) is 4.08. The van der Waals surface area contributed by atoms with E-state index in [4.69, 9.17) is 0 Å². The topological polar surface area (TPSA) is 50.1 Å². The van der Waals surface area contributed by atoms with Crippen LogP contribution in [0.5, 0.6) is 0 Å². The van der Waals surface area contributed by atoms with Gasteiger partial charge in [-0.15, -0.1) is 0 Å². The first kappa shape index (κ1) is 12.6. The summed E-state index contributed by atoms with van der Waals surface area (Å²) in [7, 11) is 2.01. The lowest BCUT2D eigenvalue weighted by molar-refractivity contribution is 0.116. The van der Waals surface area contributed by atoms with E-state index in [0.717, 1.165) is 37.7 Å². The van der Waals surface area contributed by atoms with Gasteiger partial charge in [-0.05, 0) is 43.4 Å². The van der Waals surface area contributed by atoms with Crippen molar-refractivity contribution < 1.29 is 5.11 Å². The van der Waals surface area contributed by atoms with E-state index in [-0.39, 0.29) is 6.10 Å². The third kappa shape index (κ3) is 2.80. The van der Waals surface area contributed by atoms with Gasteiger partial charge < -0.3 is 15.0 Å². The first-order valence-corrected chi connectivity index (χ1v) is 7.04. The average Bonchev–Trinajstić information content (AvgIpc) is 2.79. The van der Waals surface area contributed by atoms with Gasteiger partial charge in [0.2, 0.25) is 0 Å². The van der Waals surface area contributed by atoms with Crippen molar-refractivity contribution in [1.82, 2.24) is 14.9 Å². The zero-order valence-corrected chi connectivity index (χ0v) is 11.3. The van der Waals surface area contributed by atoms with Gasteiger partial charge in [0.15, 0.2) is 0 Å². The van der Waals surface area contributed by atoms with E-state index in [1.165, 1.54) is 11.1 Å². The summed E-state index contributed by atoms with van der Waals surface area (Å²) in [6.07, 6.45) is 5.78. The second-order valence-electron chi connectivity index (χ2n) is 5.56. The number of imidazole rings is 1. The molecule has 0 bridgehead atoms. The molecule has 1 aliphatic carbocycles. The monoisotopic (exact) mass is 259 g/mol. The lowest BCUT2D eigenvalue weighted by Gasteiger charge is -2.26. The Balaban J connectivity index is 1.62. The van der Waals surface area contributed by atoms with Crippen LogP contribution in [0.15, 0.2) is 24.5 Å². The number of nitrogens with one attached hydrogen (secondary N) is 1. The zero-order chi connectivity index (χ0) is 13.2. The number of hydrogen-bond acceptors (Lipinski definition) is 3. The maximum atomic E-state index is 9.49. The van der Waals surface area contributed by atoms with Crippen LogP contribution in [0.1, 0.15) is 31.2 Å². The van der Waals surface area contributed by atoms with E-state index in [2.05, 4.69) is 28.5 Å². The molecule has 0 aliphatic heterocycles. The van der Waals surface area contributed by atoms with Crippen LogP contribution in [0.25, 0.3) is 11.0 Å². The van der Waals surface area contributed by atoms with Crippen molar-refractivity contribution >= 4 is 11.0 Å². The molecule has 19 heavy (non-hydrogen) atoms. The van der Waals surface area contributed by atoms with Crippen LogP contribution in [0.3, 0.4) is 0 Å². The van der Waals surface area contributed by atoms with Crippen LogP contribution < -0.4 is 5.32 Å². The van der Waals surface area contributed by atoms with Gasteiger partial charge in [-0.1, -0.05) is 6.07 Å². The number of aliphatic hydroxyl groups excluding tert-OH is 1. The highest BCUT2D eigenvalue weighted by atomic mass is 16.3. The van der Waals surface area contributed by atoms with Crippen LogP contribution in [0.2, 0.25) is 0 Å². The van der Waals surface area contributed by atoms with Crippen molar-refractivity contribution in [3.8, 4) is 0 Å². The molecule has 1 heterocycles. The molecular weight excluding hydrogens is 238 g/mol. The molecule has 102 valence electrons. The molecule has 1 saturated carbocycles. The van der Waals surface area contributed by atoms with Crippen LogP contribution >= 0.6 is 0 Å². The molecule has 1 aromatic carbocycles. The minimum atomic E-state index is -0.0806. The van der Waals surface area contributed by atoms with Crippen molar-refractivity contribution in [2.75, 3.05) is 0 Å². The molecule has 0 unspecified atom stereocenters. The van der Waals surface area contributed by atoms with Crippen molar-refractivity contribution in [2.24, 2.45) is 7.05 Å². The minimum absolute atomic E-state index is 0.0806. The number of aromatic nitrogens is 2. The second kappa shape index (κ2) is 5.31. The summed E-state index contributed by atoms with van der Waals surface area (Å²) in [6.45, 7) is 0.882.